The number of piperidine rings is 1. The van der Waals surface area contributed by atoms with Crippen LogP contribution in [0.2, 0.25) is 0 Å². The molecule has 3 aromatic rings. The Morgan fingerprint density at radius 2 is 1.94 bits per heavy atom. The van der Waals surface area contributed by atoms with E-state index in [1.165, 1.54) is 13.0 Å². The molecule has 3 fully saturated rings. The molecule has 0 aliphatic carbocycles. The lowest BCUT2D eigenvalue weighted by molar-refractivity contribution is -0.165. The van der Waals surface area contributed by atoms with Gasteiger partial charge in [0.2, 0.25) is 11.8 Å². The maximum Gasteiger partial charge on any atom is 0.301 e. The molecule has 0 spiro atoms. The van der Waals surface area contributed by atoms with Crippen LogP contribution in [0.1, 0.15) is 24.5 Å². The van der Waals surface area contributed by atoms with Gasteiger partial charge in [-0.3, -0.25) is 9.69 Å². The minimum atomic E-state index is -3.38. The summed E-state index contributed by atoms with van der Waals surface area (Å²) in [6.45, 7) is 7.31. The maximum atomic E-state index is 15.0. The van der Waals surface area contributed by atoms with Crippen LogP contribution in [0.4, 0.5) is 26.2 Å². The summed E-state index contributed by atoms with van der Waals surface area (Å²) >= 11 is 0. The van der Waals surface area contributed by atoms with Crippen LogP contribution in [-0.4, -0.2) is 120 Å². The van der Waals surface area contributed by atoms with Crippen molar-refractivity contribution in [1.29, 1.82) is 5.26 Å². The fourth-order valence-corrected chi connectivity index (χ4v) is 6.15. The van der Waals surface area contributed by atoms with E-state index in [-0.39, 0.29) is 30.2 Å². The van der Waals surface area contributed by atoms with Gasteiger partial charge in [-0.25, -0.2) is 18.7 Å². The summed E-state index contributed by atoms with van der Waals surface area (Å²) in [5.74, 6) is -2.90. The monoisotopic (exact) mass is 664 g/mol. The number of likely N-dealkylation sites (tertiary alicyclic amines) is 1. The highest BCUT2D eigenvalue weighted by Gasteiger charge is 2.48. The number of aliphatic hydroxyl groups excluding tert-OH is 1. The fraction of sp³-hybridized carbons (Fsp3) is 0.485. The molecule has 15 heteroatoms. The normalized spacial score (nSPS) is 20.4. The Bertz CT molecular complexity index is 1690. The molecule has 1 unspecified atom stereocenters. The van der Waals surface area contributed by atoms with Gasteiger partial charge in [-0.05, 0) is 49.7 Å². The predicted octanol–water partition coefficient (Wildman–Crippen LogP) is 2.99. The van der Waals surface area contributed by atoms with Crippen LogP contribution in [0, 0.1) is 18.3 Å². The number of nitrogens with one attached hydrogen (secondary N) is 1. The van der Waals surface area contributed by atoms with Gasteiger partial charge in [0.15, 0.2) is 6.10 Å². The van der Waals surface area contributed by atoms with E-state index in [9.17, 15) is 15.2 Å². The van der Waals surface area contributed by atoms with Crippen LogP contribution >= 0.6 is 0 Å². The first-order valence-corrected chi connectivity index (χ1v) is 15.8. The average molecular weight is 665 g/mol. The van der Waals surface area contributed by atoms with Crippen molar-refractivity contribution in [3.8, 4) is 29.0 Å². The van der Waals surface area contributed by atoms with Gasteiger partial charge in [-0.1, -0.05) is 0 Å². The highest BCUT2D eigenvalue weighted by Crippen LogP contribution is 2.36. The number of nitrogens with zero attached hydrogens (tertiary/aromatic N) is 7. The second kappa shape index (κ2) is 13.8. The lowest BCUT2D eigenvalue weighted by Gasteiger charge is -2.43. The number of piperazine rings is 1. The lowest BCUT2D eigenvalue weighted by Crippen LogP contribution is -2.56. The Kier molecular flexibility index (Phi) is 9.58. The number of alkyl halides is 2. The van der Waals surface area contributed by atoms with E-state index in [2.05, 4.69) is 30.1 Å². The summed E-state index contributed by atoms with van der Waals surface area (Å²) in [4.78, 5) is 31.3. The Morgan fingerprint density at radius 3 is 2.58 bits per heavy atom. The first-order chi connectivity index (χ1) is 23.1. The molecule has 48 heavy (non-hydrogen) atoms. The summed E-state index contributed by atoms with van der Waals surface area (Å²) < 4.78 is 46.7. The molecule has 3 aliphatic rings. The molecule has 254 valence electrons. The molecule has 2 atom stereocenters. The molecule has 2 N–H and O–H groups in total. The molecule has 1 aromatic carbocycles. The third-order valence-electron chi connectivity index (χ3n) is 8.92. The minimum absolute atomic E-state index is 0.00329. The molecule has 5 heterocycles. The third kappa shape index (κ3) is 6.96. The van der Waals surface area contributed by atoms with Crippen molar-refractivity contribution in [2.24, 2.45) is 0 Å². The number of benzene rings is 1. The number of ether oxygens (including phenoxy) is 3. The van der Waals surface area contributed by atoms with E-state index in [0.29, 0.717) is 34.6 Å². The van der Waals surface area contributed by atoms with Crippen LogP contribution in [0.25, 0.3) is 11.3 Å². The first-order valence-electron chi connectivity index (χ1n) is 15.8. The van der Waals surface area contributed by atoms with Crippen molar-refractivity contribution < 1.29 is 32.9 Å². The number of hydrogen-bond acceptors (Lipinski definition) is 12. The van der Waals surface area contributed by atoms with Gasteiger partial charge < -0.3 is 34.4 Å². The van der Waals surface area contributed by atoms with E-state index >= 15 is 8.78 Å². The first kappa shape index (κ1) is 33.3. The minimum Gasteiger partial charge on any atom is -0.483 e. The van der Waals surface area contributed by atoms with E-state index in [1.807, 2.05) is 18.2 Å². The number of aryl methyl sites for hydroxylation is 1. The van der Waals surface area contributed by atoms with E-state index in [4.69, 9.17) is 14.2 Å². The lowest BCUT2D eigenvalue weighted by atomic mass is 10.00. The number of methoxy groups -OCH3 is 1. The molecular weight excluding hydrogens is 626 g/mol. The van der Waals surface area contributed by atoms with E-state index in [0.717, 1.165) is 50.0 Å². The number of aromatic nitrogens is 3. The van der Waals surface area contributed by atoms with Crippen LogP contribution < -0.4 is 19.7 Å². The highest BCUT2D eigenvalue weighted by molar-refractivity contribution is 5.80. The van der Waals surface area contributed by atoms with Crippen LogP contribution in [0.5, 0.6) is 11.6 Å². The molecule has 0 bridgehead atoms. The number of carbonyl (C=O) groups is 1. The van der Waals surface area contributed by atoms with Gasteiger partial charge >= 0.3 is 5.92 Å². The fourth-order valence-electron chi connectivity index (χ4n) is 6.15. The Balaban J connectivity index is 1.15. The molecule has 3 saturated heterocycles. The quantitative estimate of drug-likeness (QED) is 0.346. The van der Waals surface area contributed by atoms with Crippen molar-refractivity contribution in [2.75, 3.05) is 69.8 Å². The molecule has 0 saturated carbocycles. The zero-order valence-corrected chi connectivity index (χ0v) is 27.0. The number of hydrogen-bond donors (Lipinski definition) is 2. The van der Waals surface area contributed by atoms with Gasteiger partial charge in [0.1, 0.15) is 29.4 Å². The second-order valence-electron chi connectivity index (χ2n) is 12.2. The molecule has 13 nitrogen and oxygen atoms in total. The topological polar surface area (TPSA) is 149 Å². The van der Waals surface area contributed by atoms with Gasteiger partial charge in [-0.2, -0.15) is 10.2 Å². The van der Waals surface area contributed by atoms with Crippen molar-refractivity contribution in [1.82, 2.24) is 24.8 Å². The molecule has 2 aromatic heterocycles. The summed E-state index contributed by atoms with van der Waals surface area (Å²) in [7, 11) is 1.58. The number of pyridine rings is 1. The Hall–Kier alpha value is -4.65. The highest BCUT2D eigenvalue weighted by atomic mass is 19.3. The number of halogens is 2. The van der Waals surface area contributed by atoms with Crippen molar-refractivity contribution in [2.45, 2.75) is 44.4 Å². The predicted molar refractivity (Wildman–Crippen MR) is 172 cm³/mol. The van der Waals surface area contributed by atoms with Crippen LogP contribution in [0.15, 0.2) is 36.5 Å². The summed E-state index contributed by atoms with van der Waals surface area (Å²) in [6.07, 6.45) is -1.52. The van der Waals surface area contributed by atoms with Crippen LogP contribution in [-0.2, 0) is 9.53 Å². The standard InChI is InChI=1S/C33H38F2N8O5/c1-20-14-27(48-28-7-9-43(19-33(28,34)35)31(45)21(2)44)22(16-36)15-24(20)25-6-8-37-32(38-25)40-29-5-4-26(30(39-29)46-3)42-12-10-41(11-13-42)23-17-47-18-23/h4-6,8,14-15,21,23,28,44H,7,9-13,17-19H2,1-3H3,(H,37,38,39,40)/t21-,28?/m0/s1. The number of rotatable bonds is 9. The summed E-state index contributed by atoms with van der Waals surface area (Å²) in [5, 5.41) is 22.6. The average Bonchev–Trinajstić information content (AvgIpc) is 3.05. The number of nitriles is 1. The molecule has 3 aliphatic heterocycles. The summed E-state index contributed by atoms with van der Waals surface area (Å²) in [5.41, 5.74) is 2.71. The second-order valence-corrected chi connectivity index (χ2v) is 12.2. The summed E-state index contributed by atoms with van der Waals surface area (Å²) in [6, 6.07) is 11.1. The van der Waals surface area contributed by atoms with Crippen molar-refractivity contribution in [3.05, 3.63) is 47.7 Å². The zero-order valence-electron chi connectivity index (χ0n) is 27.0. The molecule has 0 radical (unpaired) electrons. The van der Waals surface area contributed by atoms with E-state index in [1.54, 1.807) is 32.4 Å². The van der Waals surface area contributed by atoms with Crippen LogP contribution in [0.3, 0.4) is 0 Å². The molecule has 6 rings (SSSR count). The van der Waals surface area contributed by atoms with Gasteiger partial charge in [0, 0.05) is 50.9 Å². The van der Waals surface area contributed by atoms with Gasteiger partial charge in [0.25, 0.3) is 5.91 Å². The third-order valence-corrected chi connectivity index (χ3v) is 8.92. The number of anilines is 3. The SMILES string of the molecule is COc1nc(Nc2nccc(-c3cc(C#N)c(OC4CCN(C(=O)[C@H](C)O)CC4(F)F)cc3C)n2)ccc1N1CCN(C2COC2)CC1. The Labute approximate surface area is 277 Å². The number of amides is 1. The number of carbonyl (C=O) groups excluding carboxylic acids is 1. The Morgan fingerprint density at radius 1 is 1.17 bits per heavy atom. The smallest absolute Gasteiger partial charge is 0.301 e. The molecular formula is C33H38F2N8O5. The largest absolute Gasteiger partial charge is 0.483 e. The van der Waals surface area contributed by atoms with E-state index < -0.39 is 30.6 Å². The zero-order chi connectivity index (χ0) is 34.0. The van der Waals surface area contributed by atoms with Crippen molar-refractivity contribution in [3.63, 3.8) is 0 Å². The molecule has 1 amide bonds. The number of aliphatic hydroxyl groups is 1. The van der Waals surface area contributed by atoms with Crippen molar-refractivity contribution >= 4 is 23.4 Å². The van der Waals surface area contributed by atoms with Gasteiger partial charge in [0.05, 0.1) is 44.2 Å². The van der Waals surface area contributed by atoms with Gasteiger partial charge in [-0.15, -0.1) is 0 Å². The maximum absolute atomic E-state index is 15.0.